The maximum atomic E-state index is 13.1. The number of aromatic nitrogens is 3. The van der Waals surface area contributed by atoms with Crippen molar-refractivity contribution in [2.45, 2.75) is 11.2 Å². The number of hydrogen-bond donors (Lipinski definition) is 0. The molecule has 0 amide bonds. The van der Waals surface area contributed by atoms with Crippen LogP contribution in [0.1, 0.15) is 10.9 Å². The third-order valence-electron chi connectivity index (χ3n) is 3.87. The van der Waals surface area contributed by atoms with Gasteiger partial charge in [-0.2, -0.15) is 4.57 Å². The zero-order valence-corrected chi connectivity index (χ0v) is 14.7. The lowest BCUT2D eigenvalue weighted by atomic mass is 10.1. The van der Waals surface area contributed by atoms with Crippen molar-refractivity contribution in [1.82, 2.24) is 9.55 Å². The Balaban J connectivity index is 1.92. The fraction of sp³-hybridized carbons (Fsp3) is 0.188. The summed E-state index contributed by atoms with van der Waals surface area (Å²) in [5.41, 5.74) is 1.67. The molecule has 0 saturated heterocycles. The molecule has 0 bridgehead atoms. The van der Waals surface area contributed by atoms with Crippen LogP contribution in [0.15, 0.2) is 52.7 Å². The summed E-state index contributed by atoms with van der Waals surface area (Å²) in [6.07, 6.45) is 3.69. The van der Waals surface area contributed by atoms with Gasteiger partial charge in [-0.15, -0.1) is 11.3 Å². The number of thioether (sulfide) groups is 1. The Hall–Kier alpha value is -1.63. The van der Waals surface area contributed by atoms with Crippen molar-refractivity contribution in [3.05, 3.63) is 62.4 Å². The van der Waals surface area contributed by atoms with E-state index < -0.39 is 0 Å². The zero-order valence-electron chi connectivity index (χ0n) is 12.3. The molecule has 1 unspecified atom stereocenters. The van der Waals surface area contributed by atoms with E-state index in [1.54, 1.807) is 18.0 Å². The smallest absolute Gasteiger partial charge is 0.241 e. The van der Waals surface area contributed by atoms with Gasteiger partial charge in [-0.1, -0.05) is 41.9 Å². The van der Waals surface area contributed by atoms with E-state index in [1.807, 2.05) is 52.7 Å². The Labute approximate surface area is 146 Å². The van der Waals surface area contributed by atoms with Gasteiger partial charge >= 0.3 is 10.7 Å². The van der Waals surface area contributed by atoms with Gasteiger partial charge in [0.1, 0.15) is 11.8 Å². The van der Waals surface area contributed by atoms with Crippen molar-refractivity contribution in [3.8, 4) is 11.1 Å². The average Bonchev–Trinajstić information content (AvgIpc) is 3.18. The van der Waals surface area contributed by atoms with Crippen LogP contribution in [0.4, 0.5) is 0 Å². The highest BCUT2D eigenvalue weighted by molar-refractivity contribution is 7.99. The van der Waals surface area contributed by atoms with E-state index in [1.165, 1.54) is 11.3 Å². The molecule has 1 aliphatic rings. The van der Waals surface area contributed by atoms with E-state index in [0.29, 0.717) is 10.0 Å². The predicted molar refractivity (Wildman–Crippen MR) is 93.3 cm³/mol. The first-order valence-corrected chi connectivity index (χ1v) is 9.28. The molecule has 0 fully saturated rings. The van der Waals surface area contributed by atoms with Crippen LogP contribution in [-0.4, -0.2) is 15.3 Å². The Bertz CT molecular complexity index is 936. The maximum absolute atomic E-state index is 13.1. The summed E-state index contributed by atoms with van der Waals surface area (Å²) in [6, 6.07) is 9.76. The monoisotopic (exact) mass is 362 g/mol. The summed E-state index contributed by atoms with van der Waals surface area (Å²) >= 11 is 9.10. The fourth-order valence-electron chi connectivity index (χ4n) is 2.81. The lowest BCUT2D eigenvalue weighted by Crippen LogP contribution is -2.40. The topological polar surface area (TPSA) is 38.8 Å². The molecular weight excluding hydrogens is 350 g/mol. The van der Waals surface area contributed by atoms with Crippen molar-refractivity contribution in [2.75, 3.05) is 5.75 Å². The molecule has 2 aromatic heterocycles. The van der Waals surface area contributed by atoms with Gasteiger partial charge in [0, 0.05) is 6.20 Å². The van der Waals surface area contributed by atoms with Gasteiger partial charge in [-0.05, 0) is 17.3 Å². The number of aryl methyl sites for hydroxylation is 1. The van der Waals surface area contributed by atoms with Crippen LogP contribution in [0.5, 0.6) is 0 Å². The minimum atomic E-state index is -0.0117. The van der Waals surface area contributed by atoms with Gasteiger partial charge in [-0.25, -0.2) is 14.3 Å². The molecule has 1 atom stereocenters. The summed E-state index contributed by atoms with van der Waals surface area (Å²) in [7, 11) is 1.98. The minimum absolute atomic E-state index is 0.0117. The molecule has 3 heterocycles. The fourth-order valence-corrected chi connectivity index (χ4v) is 5.20. The van der Waals surface area contributed by atoms with Crippen LogP contribution >= 0.6 is 34.7 Å². The number of fused-ring (bicyclic) bond motifs is 1. The lowest BCUT2D eigenvalue weighted by Gasteiger charge is -2.08. The van der Waals surface area contributed by atoms with E-state index in [2.05, 4.69) is 4.98 Å². The molecular formula is C16H13ClN3OS2+. The first kappa shape index (κ1) is 14.9. The highest BCUT2D eigenvalue weighted by Crippen LogP contribution is 2.37. The molecule has 3 aromatic rings. The number of hydrogen-bond acceptors (Lipinski definition) is 4. The Kier molecular flexibility index (Phi) is 3.75. The highest BCUT2D eigenvalue weighted by Gasteiger charge is 2.37. The lowest BCUT2D eigenvalue weighted by molar-refractivity contribution is -0.714. The second-order valence-corrected chi connectivity index (χ2v) is 7.95. The van der Waals surface area contributed by atoms with Gasteiger partial charge in [0.15, 0.2) is 10.5 Å². The van der Waals surface area contributed by atoms with Crippen molar-refractivity contribution < 1.29 is 4.57 Å². The number of nitrogens with zero attached hydrogens (tertiary/aromatic N) is 3. The second kappa shape index (κ2) is 5.78. The summed E-state index contributed by atoms with van der Waals surface area (Å²) in [6.45, 7) is 0. The van der Waals surface area contributed by atoms with Gasteiger partial charge in [-0.3, -0.25) is 0 Å². The maximum Gasteiger partial charge on any atom is 0.346 e. The van der Waals surface area contributed by atoms with E-state index in [0.717, 1.165) is 21.3 Å². The van der Waals surface area contributed by atoms with Crippen LogP contribution in [0, 0.1) is 0 Å². The predicted octanol–water partition coefficient (Wildman–Crippen LogP) is 3.14. The van der Waals surface area contributed by atoms with Crippen molar-refractivity contribution in [2.24, 2.45) is 7.05 Å². The van der Waals surface area contributed by atoms with Crippen molar-refractivity contribution in [3.63, 3.8) is 0 Å². The van der Waals surface area contributed by atoms with Crippen molar-refractivity contribution >= 4 is 34.7 Å². The standard InChI is InChI=1S/C16H13ClN3OS2/c1-19-8-11(10-5-3-2-4-6-10)14(21)20-12(9-22-16(19)20)13-7-18-15(17)23-13/h2-8,12H,9H2,1H3/q+1. The van der Waals surface area contributed by atoms with Gasteiger partial charge in [0.25, 0.3) is 0 Å². The molecule has 1 aliphatic heterocycles. The van der Waals surface area contributed by atoms with Gasteiger partial charge in [0.2, 0.25) is 0 Å². The Morgan fingerprint density at radius 2 is 2.13 bits per heavy atom. The average molecular weight is 363 g/mol. The molecule has 0 aliphatic carbocycles. The molecule has 0 N–H and O–H groups in total. The Morgan fingerprint density at radius 1 is 1.35 bits per heavy atom. The van der Waals surface area contributed by atoms with Crippen LogP contribution in [0.25, 0.3) is 11.1 Å². The largest absolute Gasteiger partial charge is 0.346 e. The molecule has 23 heavy (non-hydrogen) atoms. The molecule has 1 aromatic carbocycles. The number of benzene rings is 1. The molecule has 0 spiro atoms. The van der Waals surface area contributed by atoms with Crippen LogP contribution < -0.4 is 10.1 Å². The molecule has 116 valence electrons. The summed E-state index contributed by atoms with van der Waals surface area (Å²) < 4.78 is 4.41. The SMILES string of the molecule is C[n+]1cc(-c2ccccc2)c(=O)n2c1SCC2c1cnc(Cl)s1. The summed E-state index contributed by atoms with van der Waals surface area (Å²) in [4.78, 5) is 18.2. The Morgan fingerprint density at radius 3 is 2.83 bits per heavy atom. The molecule has 0 saturated carbocycles. The van der Waals surface area contributed by atoms with E-state index in [4.69, 9.17) is 11.6 Å². The van der Waals surface area contributed by atoms with E-state index >= 15 is 0 Å². The van der Waals surface area contributed by atoms with Crippen LogP contribution in [0.3, 0.4) is 0 Å². The third-order valence-corrected chi connectivity index (χ3v) is 6.31. The second-order valence-electron chi connectivity index (χ2n) is 5.32. The third kappa shape index (κ3) is 2.51. The highest BCUT2D eigenvalue weighted by atomic mass is 35.5. The molecule has 4 rings (SSSR count). The molecule has 4 nitrogen and oxygen atoms in total. The minimum Gasteiger partial charge on any atom is -0.241 e. The quantitative estimate of drug-likeness (QED) is 0.519. The van der Waals surface area contributed by atoms with E-state index in [9.17, 15) is 4.79 Å². The summed E-state index contributed by atoms with van der Waals surface area (Å²) in [5, 5.41) is 0.962. The number of rotatable bonds is 2. The van der Waals surface area contributed by atoms with Gasteiger partial charge in [0.05, 0.1) is 17.7 Å². The number of thiazole rings is 1. The van der Waals surface area contributed by atoms with E-state index in [-0.39, 0.29) is 11.6 Å². The van der Waals surface area contributed by atoms with Crippen LogP contribution in [0.2, 0.25) is 4.47 Å². The van der Waals surface area contributed by atoms with Gasteiger partial charge < -0.3 is 0 Å². The summed E-state index contributed by atoms with van der Waals surface area (Å²) in [5.74, 6) is 0.819. The molecule has 7 heteroatoms. The normalized spacial score (nSPS) is 16.5. The first-order chi connectivity index (χ1) is 11.1. The van der Waals surface area contributed by atoms with Crippen LogP contribution in [-0.2, 0) is 7.05 Å². The zero-order chi connectivity index (χ0) is 16.0. The molecule has 0 radical (unpaired) electrons. The number of halogens is 1. The van der Waals surface area contributed by atoms with Crippen molar-refractivity contribution in [1.29, 1.82) is 0 Å². The first-order valence-electron chi connectivity index (χ1n) is 7.10.